The molecular formula is C27H35N7O5. The molecule has 1 heterocycles. The number of hydrogen-bond donors (Lipinski definition) is 6. The van der Waals surface area contributed by atoms with Gasteiger partial charge in [0.05, 0.1) is 18.1 Å². The molecule has 9 N–H and O–H groups in total. The molecule has 1 aromatic heterocycles. The number of carbonyl (C=O) groups excluding carboxylic acids is 3. The molecule has 2 aromatic carbocycles. The van der Waals surface area contributed by atoms with Crippen LogP contribution in [0.25, 0.3) is 10.9 Å². The molecule has 0 saturated heterocycles. The summed E-state index contributed by atoms with van der Waals surface area (Å²) in [4.78, 5) is 51.9. The summed E-state index contributed by atoms with van der Waals surface area (Å²) in [6.07, 6.45) is 1.67. The number of hydrogen-bond acceptors (Lipinski definition) is 8. The second-order valence-corrected chi connectivity index (χ2v) is 9.05. The minimum atomic E-state index is -0.998. The van der Waals surface area contributed by atoms with Crippen LogP contribution in [0.5, 0.6) is 5.75 Å². The molecule has 39 heavy (non-hydrogen) atoms. The fourth-order valence-corrected chi connectivity index (χ4v) is 4.10. The summed E-state index contributed by atoms with van der Waals surface area (Å²) >= 11 is 0. The molecule has 208 valence electrons. The fourth-order valence-electron chi connectivity index (χ4n) is 4.10. The third kappa shape index (κ3) is 8.11. The standard InChI is InChI=1S/C27H35N7O5/c28-11-13-33(14-12-29)25(37)10-9-21(30)27(39)31-15-24(36)32-22-17-34(16-18-5-7-19(35)8-6-18)23-4-2-1-3-20(23)26(22)38/h1-8,17,21,35H,9-16,28-30H2,(H,31,39)(H,32,36). The van der Waals surface area contributed by atoms with Crippen molar-refractivity contribution in [3.05, 3.63) is 70.5 Å². The second kappa shape index (κ2) is 14.0. The Labute approximate surface area is 225 Å². The molecule has 0 radical (unpaired) electrons. The lowest BCUT2D eigenvalue weighted by atomic mass is 10.1. The van der Waals surface area contributed by atoms with Gasteiger partial charge in [-0.2, -0.15) is 0 Å². The number of anilines is 1. The lowest BCUT2D eigenvalue weighted by Gasteiger charge is -2.22. The van der Waals surface area contributed by atoms with E-state index in [4.69, 9.17) is 17.2 Å². The van der Waals surface area contributed by atoms with Gasteiger partial charge in [-0.15, -0.1) is 0 Å². The third-order valence-corrected chi connectivity index (χ3v) is 6.13. The van der Waals surface area contributed by atoms with Crippen LogP contribution in [-0.2, 0) is 20.9 Å². The Morgan fingerprint density at radius 1 is 1.00 bits per heavy atom. The molecule has 0 saturated carbocycles. The van der Waals surface area contributed by atoms with Gasteiger partial charge < -0.3 is 42.4 Å². The number of benzene rings is 2. The van der Waals surface area contributed by atoms with E-state index in [-0.39, 0.29) is 35.6 Å². The van der Waals surface area contributed by atoms with Gasteiger partial charge in [-0.25, -0.2) is 0 Å². The van der Waals surface area contributed by atoms with Crippen molar-refractivity contribution in [2.24, 2.45) is 17.2 Å². The second-order valence-electron chi connectivity index (χ2n) is 9.05. The number of pyridine rings is 1. The summed E-state index contributed by atoms with van der Waals surface area (Å²) in [6, 6.07) is 12.7. The summed E-state index contributed by atoms with van der Waals surface area (Å²) in [7, 11) is 0. The summed E-state index contributed by atoms with van der Waals surface area (Å²) < 4.78 is 1.82. The van der Waals surface area contributed by atoms with Crippen molar-refractivity contribution >= 4 is 34.3 Å². The van der Waals surface area contributed by atoms with Crippen molar-refractivity contribution in [1.82, 2.24) is 14.8 Å². The van der Waals surface area contributed by atoms with Crippen LogP contribution in [0.1, 0.15) is 18.4 Å². The van der Waals surface area contributed by atoms with Gasteiger partial charge in [0.15, 0.2) is 0 Å². The van der Waals surface area contributed by atoms with Crippen LogP contribution in [0, 0.1) is 0 Å². The number of carbonyl (C=O) groups is 3. The Morgan fingerprint density at radius 2 is 1.67 bits per heavy atom. The quantitative estimate of drug-likeness (QED) is 0.170. The maximum atomic E-state index is 13.0. The molecule has 3 rings (SSSR count). The molecule has 1 atom stereocenters. The molecule has 12 nitrogen and oxygen atoms in total. The Bertz CT molecular complexity index is 1350. The Morgan fingerprint density at radius 3 is 2.33 bits per heavy atom. The highest BCUT2D eigenvalue weighted by Gasteiger charge is 2.19. The van der Waals surface area contributed by atoms with Gasteiger partial charge >= 0.3 is 0 Å². The molecule has 0 bridgehead atoms. The van der Waals surface area contributed by atoms with E-state index >= 15 is 0 Å². The first-order valence-corrected chi connectivity index (χ1v) is 12.6. The summed E-state index contributed by atoms with van der Waals surface area (Å²) in [5, 5.41) is 15.0. The van der Waals surface area contributed by atoms with E-state index in [0.29, 0.717) is 43.6 Å². The smallest absolute Gasteiger partial charge is 0.243 e. The lowest BCUT2D eigenvalue weighted by molar-refractivity contribution is -0.131. The number of amides is 3. The molecule has 1 unspecified atom stereocenters. The predicted molar refractivity (Wildman–Crippen MR) is 149 cm³/mol. The molecule has 0 spiro atoms. The summed E-state index contributed by atoms with van der Waals surface area (Å²) in [6.45, 7) is 1.31. The number of phenolic OH excluding ortho intramolecular Hbond substituents is 1. The number of aromatic hydroxyl groups is 1. The SMILES string of the molecule is NCCN(CCN)C(=O)CCC(N)C(=O)NCC(=O)Nc1cn(Cc2ccc(O)cc2)c2ccccc2c1=O. The number of fused-ring (bicyclic) bond motifs is 1. The van der Waals surface area contributed by atoms with E-state index in [1.54, 1.807) is 48.7 Å². The van der Waals surface area contributed by atoms with Gasteiger partial charge in [0, 0.05) is 50.7 Å². The highest BCUT2D eigenvalue weighted by Crippen LogP contribution is 2.17. The summed E-state index contributed by atoms with van der Waals surface area (Å²) in [5.74, 6) is -1.26. The molecule has 3 amide bonds. The van der Waals surface area contributed by atoms with Crippen molar-refractivity contribution in [2.45, 2.75) is 25.4 Å². The van der Waals surface area contributed by atoms with E-state index in [2.05, 4.69) is 10.6 Å². The third-order valence-electron chi connectivity index (χ3n) is 6.13. The molecule has 3 aromatic rings. The van der Waals surface area contributed by atoms with Crippen LogP contribution in [-0.4, -0.2) is 71.1 Å². The van der Waals surface area contributed by atoms with Crippen molar-refractivity contribution in [1.29, 1.82) is 0 Å². The van der Waals surface area contributed by atoms with Crippen LogP contribution in [0.3, 0.4) is 0 Å². The van der Waals surface area contributed by atoms with Crippen LogP contribution >= 0.6 is 0 Å². The Balaban J connectivity index is 1.62. The van der Waals surface area contributed by atoms with E-state index < -0.39 is 24.4 Å². The maximum Gasteiger partial charge on any atom is 0.243 e. The number of para-hydroxylation sites is 1. The zero-order valence-corrected chi connectivity index (χ0v) is 21.6. The molecule has 12 heteroatoms. The van der Waals surface area contributed by atoms with Gasteiger partial charge in [-0.05, 0) is 36.2 Å². The highest BCUT2D eigenvalue weighted by molar-refractivity contribution is 5.96. The number of nitrogens with two attached hydrogens (primary N) is 3. The first-order valence-electron chi connectivity index (χ1n) is 12.6. The maximum absolute atomic E-state index is 13.0. The lowest BCUT2D eigenvalue weighted by Crippen LogP contribution is -2.45. The zero-order valence-electron chi connectivity index (χ0n) is 21.6. The van der Waals surface area contributed by atoms with Crippen molar-refractivity contribution in [3.8, 4) is 5.75 Å². The monoisotopic (exact) mass is 537 g/mol. The first-order chi connectivity index (χ1) is 18.7. The van der Waals surface area contributed by atoms with E-state index in [1.165, 1.54) is 4.90 Å². The number of rotatable bonds is 13. The van der Waals surface area contributed by atoms with Crippen molar-refractivity contribution < 1.29 is 19.5 Å². The molecular weight excluding hydrogens is 502 g/mol. The Kier molecular flexibility index (Phi) is 10.6. The van der Waals surface area contributed by atoms with E-state index in [9.17, 15) is 24.3 Å². The van der Waals surface area contributed by atoms with Crippen LogP contribution in [0.15, 0.2) is 59.5 Å². The Hall–Kier alpha value is -4.26. The average Bonchev–Trinajstić information content (AvgIpc) is 2.93. The molecule has 0 aliphatic carbocycles. The zero-order chi connectivity index (χ0) is 28.4. The van der Waals surface area contributed by atoms with Gasteiger partial charge in [-0.3, -0.25) is 19.2 Å². The van der Waals surface area contributed by atoms with Crippen LogP contribution in [0.4, 0.5) is 5.69 Å². The minimum absolute atomic E-state index is 0.0401. The normalized spacial score (nSPS) is 11.7. The summed E-state index contributed by atoms with van der Waals surface area (Å²) in [5.41, 5.74) is 18.2. The van der Waals surface area contributed by atoms with Gasteiger partial charge in [0.2, 0.25) is 23.2 Å². The number of aromatic nitrogens is 1. The van der Waals surface area contributed by atoms with Crippen LogP contribution < -0.4 is 33.3 Å². The predicted octanol–water partition coefficient (Wildman–Crippen LogP) is -0.336. The largest absolute Gasteiger partial charge is 0.508 e. The number of nitrogens with zero attached hydrogens (tertiary/aromatic N) is 2. The van der Waals surface area contributed by atoms with Crippen LogP contribution in [0.2, 0.25) is 0 Å². The van der Waals surface area contributed by atoms with Gasteiger partial charge in [-0.1, -0.05) is 24.3 Å². The van der Waals surface area contributed by atoms with Crippen molar-refractivity contribution in [3.63, 3.8) is 0 Å². The van der Waals surface area contributed by atoms with Gasteiger partial charge in [0.25, 0.3) is 0 Å². The highest BCUT2D eigenvalue weighted by atomic mass is 16.3. The van der Waals surface area contributed by atoms with Gasteiger partial charge in [0.1, 0.15) is 11.4 Å². The minimum Gasteiger partial charge on any atom is -0.508 e. The molecule has 0 aliphatic heterocycles. The van der Waals surface area contributed by atoms with E-state index in [0.717, 1.165) is 5.56 Å². The fraction of sp³-hybridized carbons (Fsp3) is 0.333. The molecule has 0 aliphatic rings. The average molecular weight is 538 g/mol. The topological polar surface area (TPSA) is 199 Å². The van der Waals surface area contributed by atoms with Crippen molar-refractivity contribution in [2.75, 3.05) is 38.0 Å². The number of nitrogens with one attached hydrogen (secondary N) is 2. The first kappa shape index (κ1) is 29.3. The number of phenols is 1. The van der Waals surface area contributed by atoms with E-state index in [1.807, 2.05) is 10.6 Å². The molecule has 0 fully saturated rings.